The van der Waals surface area contributed by atoms with E-state index in [1.165, 1.54) is 0 Å². The van der Waals surface area contributed by atoms with Crippen molar-refractivity contribution in [3.05, 3.63) is 83.0 Å². The maximum Gasteiger partial charge on any atom is 0.164 e. The standard InChI is InChI=1S/C22H20N4O2/c1-16-11-18(15-27-2)21(13-23)22(25-16)26-24-14-17-7-6-10-20(12-17)28-19-8-4-3-5-9-19/h3-12,14H,15H2,1-2H3,(H,25,26)/b24-14+. The van der Waals surface area contributed by atoms with Gasteiger partial charge in [0, 0.05) is 18.4 Å². The highest BCUT2D eigenvalue weighted by Crippen LogP contribution is 2.22. The van der Waals surface area contributed by atoms with E-state index in [2.05, 4.69) is 21.6 Å². The van der Waals surface area contributed by atoms with Gasteiger partial charge in [-0.3, -0.25) is 5.43 Å². The fourth-order valence-corrected chi connectivity index (χ4v) is 2.67. The number of aromatic nitrogens is 1. The summed E-state index contributed by atoms with van der Waals surface area (Å²) in [5.74, 6) is 1.88. The number of aryl methyl sites for hydroxylation is 1. The molecule has 1 aromatic heterocycles. The largest absolute Gasteiger partial charge is 0.457 e. The summed E-state index contributed by atoms with van der Waals surface area (Å²) in [6, 6.07) is 21.1. The monoisotopic (exact) mass is 372 g/mol. The average Bonchev–Trinajstić information content (AvgIpc) is 2.69. The molecule has 0 spiro atoms. The molecule has 0 fully saturated rings. The summed E-state index contributed by atoms with van der Waals surface area (Å²) < 4.78 is 11.0. The molecule has 0 aliphatic rings. The van der Waals surface area contributed by atoms with Gasteiger partial charge in [-0.1, -0.05) is 30.3 Å². The van der Waals surface area contributed by atoms with Gasteiger partial charge in [0.2, 0.25) is 0 Å². The van der Waals surface area contributed by atoms with Crippen molar-refractivity contribution in [2.75, 3.05) is 12.5 Å². The van der Waals surface area contributed by atoms with E-state index in [1.807, 2.05) is 67.6 Å². The fraction of sp³-hybridized carbons (Fsp3) is 0.136. The number of anilines is 1. The van der Waals surface area contributed by atoms with Crippen molar-refractivity contribution in [3.8, 4) is 17.6 Å². The molecule has 0 aliphatic heterocycles. The van der Waals surface area contributed by atoms with Gasteiger partial charge in [-0.25, -0.2) is 4.98 Å². The second-order valence-corrected chi connectivity index (χ2v) is 6.05. The van der Waals surface area contributed by atoms with Crippen molar-refractivity contribution in [1.82, 2.24) is 4.98 Å². The number of hydrazone groups is 1. The van der Waals surface area contributed by atoms with Crippen molar-refractivity contribution >= 4 is 12.0 Å². The minimum absolute atomic E-state index is 0.337. The first-order valence-corrected chi connectivity index (χ1v) is 8.71. The molecule has 0 radical (unpaired) electrons. The van der Waals surface area contributed by atoms with E-state index in [9.17, 15) is 5.26 Å². The molecule has 140 valence electrons. The number of ether oxygens (including phenoxy) is 2. The molecule has 0 bridgehead atoms. The summed E-state index contributed by atoms with van der Waals surface area (Å²) in [5.41, 5.74) is 5.69. The van der Waals surface area contributed by atoms with Gasteiger partial charge in [-0.15, -0.1) is 0 Å². The van der Waals surface area contributed by atoms with Crippen LogP contribution in [0.3, 0.4) is 0 Å². The number of para-hydroxylation sites is 1. The SMILES string of the molecule is COCc1cc(C)nc(N/N=C/c2cccc(Oc3ccccc3)c2)c1C#N. The van der Waals surface area contributed by atoms with Crippen molar-refractivity contribution in [2.45, 2.75) is 13.5 Å². The highest BCUT2D eigenvalue weighted by molar-refractivity contribution is 5.81. The summed E-state index contributed by atoms with van der Waals surface area (Å²) in [5, 5.41) is 13.7. The Bertz CT molecular complexity index is 1010. The molecule has 1 heterocycles. The zero-order chi connectivity index (χ0) is 19.8. The Balaban J connectivity index is 1.75. The third-order valence-corrected chi connectivity index (χ3v) is 3.86. The molecule has 0 saturated heterocycles. The Morgan fingerprint density at radius 1 is 1.11 bits per heavy atom. The van der Waals surface area contributed by atoms with Gasteiger partial charge in [0.1, 0.15) is 23.1 Å². The van der Waals surface area contributed by atoms with Crippen molar-refractivity contribution in [1.29, 1.82) is 5.26 Å². The van der Waals surface area contributed by atoms with Crippen LogP contribution in [-0.4, -0.2) is 18.3 Å². The number of hydrogen-bond acceptors (Lipinski definition) is 6. The van der Waals surface area contributed by atoms with E-state index >= 15 is 0 Å². The van der Waals surface area contributed by atoms with E-state index < -0.39 is 0 Å². The van der Waals surface area contributed by atoms with E-state index in [-0.39, 0.29) is 0 Å². The Kier molecular flexibility index (Phi) is 6.34. The van der Waals surface area contributed by atoms with Gasteiger partial charge >= 0.3 is 0 Å². The molecule has 3 rings (SSSR count). The van der Waals surface area contributed by atoms with Crippen LogP contribution >= 0.6 is 0 Å². The van der Waals surface area contributed by atoms with Crippen LogP contribution in [0.4, 0.5) is 5.82 Å². The molecule has 3 aromatic rings. The van der Waals surface area contributed by atoms with Crippen LogP contribution in [0, 0.1) is 18.3 Å². The molecule has 6 nitrogen and oxygen atoms in total. The van der Waals surface area contributed by atoms with Crippen LogP contribution in [0.1, 0.15) is 22.4 Å². The molecular weight excluding hydrogens is 352 g/mol. The van der Waals surface area contributed by atoms with Crippen molar-refractivity contribution < 1.29 is 9.47 Å². The molecule has 0 unspecified atom stereocenters. The number of nitrogens with zero attached hydrogens (tertiary/aromatic N) is 3. The van der Waals surface area contributed by atoms with E-state index in [0.29, 0.717) is 23.7 Å². The number of rotatable bonds is 7. The second-order valence-electron chi connectivity index (χ2n) is 6.05. The Labute approximate surface area is 164 Å². The van der Waals surface area contributed by atoms with Crippen LogP contribution in [0.15, 0.2) is 65.8 Å². The number of pyridine rings is 1. The molecule has 0 atom stereocenters. The molecule has 1 N–H and O–H groups in total. The topological polar surface area (TPSA) is 79.5 Å². The number of benzene rings is 2. The lowest BCUT2D eigenvalue weighted by atomic mass is 10.1. The first-order valence-electron chi connectivity index (χ1n) is 8.71. The minimum atomic E-state index is 0.337. The van der Waals surface area contributed by atoms with Gasteiger partial charge in [-0.2, -0.15) is 10.4 Å². The van der Waals surface area contributed by atoms with Crippen LogP contribution < -0.4 is 10.2 Å². The zero-order valence-corrected chi connectivity index (χ0v) is 15.7. The smallest absolute Gasteiger partial charge is 0.164 e. The maximum atomic E-state index is 9.46. The number of nitriles is 1. The van der Waals surface area contributed by atoms with Gasteiger partial charge in [0.25, 0.3) is 0 Å². The fourth-order valence-electron chi connectivity index (χ4n) is 2.67. The van der Waals surface area contributed by atoms with Crippen molar-refractivity contribution in [2.24, 2.45) is 5.10 Å². The van der Waals surface area contributed by atoms with Gasteiger partial charge in [0.15, 0.2) is 5.82 Å². The van der Waals surface area contributed by atoms with Crippen LogP contribution in [0.25, 0.3) is 0 Å². The summed E-state index contributed by atoms with van der Waals surface area (Å²) in [4.78, 5) is 4.36. The first kappa shape index (κ1) is 19.1. The van der Waals surface area contributed by atoms with Crippen LogP contribution in [0.2, 0.25) is 0 Å². The molecule has 2 aromatic carbocycles. The third kappa shape index (κ3) is 4.93. The predicted octanol–water partition coefficient (Wildman–Crippen LogP) is 4.65. The summed E-state index contributed by atoms with van der Waals surface area (Å²) in [6.45, 7) is 2.20. The lowest BCUT2D eigenvalue weighted by Crippen LogP contribution is -2.03. The predicted molar refractivity (Wildman–Crippen MR) is 109 cm³/mol. The van der Waals surface area contributed by atoms with E-state index in [0.717, 1.165) is 22.6 Å². The number of nitrogens with one attached hydrogen (secondary N) is 1. The maximum absolute atomic E-state index is 9.46. The Morgan fingerprint density at radius 2 is 1.89 bits per heavy atom. The van der Waals surface area contributed by atoms with E-state index in [4.69, 9.17) is 9.47 Å². The Hall–Kier alpha value is -3.69. The second kappa shape index (κ2) is 9.31. The lowest BCUT2D eigenvalue weighted by Gasteiger charge is -2.09. The summed E-state index contributed by atoms with van der Waals surface area (Å²) in [7, 11) is 1.59. The Morgan fingerprint density at radius 3 is 2.64 bits per heavy atom. The molecule has 0 aliphatic carbocycles. The number of hydrogen-bond donors (Lipinski definition) is 1. The van der Waals surface area contributed by atoms with Crippen LogP contribution in [0.5, 0.6) is 11.5 Å². The molecular formula is C22H20N4O2. The normalized spacial score (nSPS) is 10.6. The summed E-state index contributed by atoms with van der Waals surface area (Å²) >= 11 is 0. The molecule has 0 amide bonds. The average molecular weight is 372 g/mol. The van der Waals surface area contributed by atoms with Crippen molar-refractivity contribution in [3.63, 3.8) is 0 Å². The first-order chi connectivity index (χ1) is 13.7. The number of methoxy groups -OCH3 is 1. The molecule has 28 heavy (non-hydrogen) atoms. The lowest BCUT2D eigenvalue weighted by molar-refractivity contribution is 0.184. The molecule has 6 heteroatoms. The quantitative estimate of drug-likeness (QED) is 0.482. The highest BCUT2D eigenvalue weighted by atomic mass is 16.5. The minimum Gasteiger partial charge on any atom is -0.457 e. The van der Waals surface area contributed by atoms with Gasteiger partial charge in [-0.05, 0) is 42.8 Å². The third-order valence-electron chi connectivity index (χ3n) is 3.86. The highest BCUT2D eigenvalue weighted by Gasteiger charge is 2.10. The van der Waals surface area contributed by atoms with E-state index in [1.54, 1.807) is 13.3 Å². The van der Waals surface area contributed by atoms with Gasteiger partial charge in [0.05, 0.1) is 12.8 Å². The zero-order valence-electron chi connectivity index (χ0n) is 15.7. The van der Waals surface area contributed by atoms with Crippen LogP contribution in [-0.2, 0) is 11.3 Å². The molecule has 0 saturated carbocycles. The summed E-state index contributed by atoms with van der Waals surface area (Å²) in [6.07, 6.45) is 1.65. The van der Waals surface area contributed by atoms with Gasteiger partial charge < -0.3 is 9.47 Å².